The Morgan fingerprint density at radius 1 is 1.04 bits per heavy atom. The summed E-state index contributed by atoms with van der Waals surface area (Å²) in [6, 6.07) is 4.74. The van der Waals surface area contributed by atoms with Gasteiger partial charge in [-0.25, -0.2) is 13.2 Å². The van der Waals surface area contributed by atoms with E-state index in [-0.39, 0.29) is 5.69 Å². The Kier molecular flexibility index (Phi) is 4.25. The SMILES string of the molecule is Cn1cc(S(=O)(=O)Nc2ccc3c(c2)OC2(CCCCC2)O3)c(=O)n(C)c1=O. The molecular weight excluding hydrogens is 386 g/mol. The van der Waals surface area contributed by atoms with Gasteiger partial charge >= 0.3 is 5.69 Å². The second kappa shape index (κ2) is 6.40. The van der Waals surface area contributed by atoms with Crippen molar-refractivity contribution >= 4 is 15.7 Å². The molecule has 2 aliphatic rings. The highest BCUT2D eigenvalue weighted by Gasteiger charge is 2.42. The Balaban J connectivity index is 1.64. The van der Waals surface area contributed by atoms with Crippen LogP contribution >= 0.6 is 0 Å². The van der Waals surface area contributed by atoms with Gasteiger partial charge in [-0.2, -0.15) is 0 Å². The van der Waals surface area contributed by atoms with Crippen LogP contribution in [0.15, 0.2) is 38.9 Å². The first kappa shape index (κ1) is 18.6. The summed E-state index contributed by atoms with van der Waals surface area (Å²) in [5.74, 6) is 0.379. The Morgan fingerprint density at radius 2 is 1.71 bits per heavy atom. The summed E-state index contributed by atoms with van der Waals surface area (Å²) in [5.41, 5.74) is -1.26. The zero-order valence-electron chi connectivity index (χ0n) is 15.6. The molecule has 0 amide bonds. The van der Waals surface area contributed by atoms with Crippen molar-refractivity contribution in [2.45, 2.75) is 42.8 Å². The predicted molar refractivity (Wildman–Crippen MR) is 101 cm³/mol. The van der Waals surface area contributed by atoms with Gasteiger partial charge in [-0.3, -0.25) is 14.1 Å². The van der Waals surface area contributed by atoms with Crippen molar-refractivity contribution in [1.29, 1.82) is 0 Å². The van der Waals surface area contributed by atoms with Crippen LogP contribution in [0.1, 0.15) is 32.1 Å². The number of nitrogens with zero attached hydrogens (tertiary/aromatic N) is 2. The van der Waals surface area contributed by atoms with Crippen molar-refractivity contribution in [3.8, 4) is 11.5 Å². The van der Waals surface area contributed by atoms with Gasteiger partial charge in [0.15, 0.2) is 16.4 Å². The van der Waals surface area contributed by atoms with Crippen molar-refractivity contribution in [2.75, 3.05) is 4.72 Å². The molecule has 1 fully saturated rings. The van der Waals surface area contributed by atoms with Gasteiger partial charge in [0.05, 0.1) is 5.69 Å². The van der Waals surface area contributed by atoms with E-state index < -0.39 is 32.0 Å². The molecule has 1 aromatic carbocycles. The summed E-state index contributed by atoms with van der Waals surface area (Å²) in [7, 11) is -1.59. The van der Waals surface area contributed by atoms with Crippen molar-refractivity contribution < 1.29 is 17.9 Å². The van der Waals surface area contributed by atoms with Gasteiger partial charge in [0.25, 0.3) is 21.4 Å². The van der Waals surface area contributed by atoms with Crippen LogP contribution in [0.4, 0.5) is 5.69 Å². The number of benzene rings is 1. The maximum Gasteiger partial charge on any atom is 0.330 e. The lowest BCUT2D eigenvalue weighted by Gasteiger charge is -2.31. The molecule has 1 aliphatic heterocycles. The summed E-state index contributed by atoms with van der Waals surface area (Å²) in [6.45, 7) is 0. The van der Waals surface area contributed by atoms with Crippen molar-refractivity contribution in [2.24, 2.45) is 14.1 Å². The number of aryl methyl sites for hydroxylation is 1. The van der Waals surface area contributed by atoms with Crippen LogP contribution in [0, 0.1) is 0 Å². The number of sulfonamides is 1. The van der Waals surface area contributed by atoms with E-state index in [1.165, 1.54) is 14.1 Å². The minimum atomic E-state index is -4.20. The average Bonchev–Trinajstić information content (AvgIpc) is 2.99. The maximum absolute atomic E-state index is 12.7. The minimum absolute atomic E-state index is 0.242. The van der Waals surface area contributed by atoms with E-state index >= 15 is 0 Å². The molecular formula is C18H21N3O6S. The van der Waals surface area contributed by atoms with Crippen molar-refractivity contribution in [1.82, 2.24) is 9.13 Å². The third-order valence-electron chi connectivity index (χ3n) is 5.11. The highest BCUT2D eigenvalue weighted by atomic mass is 32.2. The zero-order valence-corrected chi connectivity index (χ0v) is 16.4. The molecule has 1 aliphatic carbocycles. The van der Waals surface area contributed by atoms with Gasteiger partial charge < -0.3 is 14.0 Å². The van der Waals surface area contributed by atoms with Crippen LogP contribution in [0.2, 0.25) is 0 Å². The molecule has 1 N–H and O–H groups in total. The van der Waals surface area contributed by atoms with Crippen LogP contribution in [-0.2, 0) is 24.1 Å². The maximum atomic E-state index is 12.7. The molecule has 0 bridgehead atoms. The van der Waals surface area contributed by atoms with Crippen molar-refractivity contribution in [3.05, 3.63) is 45.2 Å². The number of rotatable bonds is 3. The molecule has 10 heteroatoms. The van der Waals surface area contributed by atoms with Gasteiger partial charge in [-0.15, -0.1) is 0 Å². The number of nitrogens with one attached hydrogen (secondary N) is 1. The molecule has 1 aromatic heterocycles. The molecule has 150 valence electrons. The standard InChI is InChI=1S/C18H21N3O6S/c1-20-11-15(16(22)21(2)17(20)23)28(24,25)19-12-6-7-13-14(10-12)27-18(26-13)8-4-3-5-9-18/h6-7,10-11,19H,3-5,8-9H2,1-2H3. The molecule has 1 saturated carbocycles. The number of ether oxygens (including phenoxy) is 2. The summed E-state index contributed by atoms with van der Waals surface area (Å²) < 4.78 is 41.6. The summed E-state index contributed by atoms with van der Waals surface area (Å²) in [4.78, 5) is 23.5. The van der Waals surface area contributed by atoms with E-state index in [9.17, 15) is 18.0 Å². The van der Waals surface area contributed by atoms with E-state index in [1.54, 1.807) is 18.2 Å². The monoisotopic (exact) mass is 407 g/mol. The van der Waals surface area contributed by atoms with Gasteiger partial charge in [0.1, 0.15) is 0 Å². The zero-order chi connectivity index (χ0) is 20.1. The Bertz CT molecular complexity index is 1160. The summed E-state index contributed by atoms with van der Waals surface area (Å²) in [6.07, 6.45) is 5.77. The van der Waals surface area contributed by atoms with Crippen LogP contribution in [-0.4, -0.2) is 23.3 Å². The lowest BCUT2D eigenvalue weighted by Crippen LogP contribution is -2.40. The van der Waals surface area contributed by atoms with Gasteiger partial charge in [0, 0.05) is 39.2 Å². The number of aromatic nitrogens is 2. The van der Waals surface area contributed by atoms with Crippen LogP contribution in [0.5, 0.6) is 11.5 Å². The van der Waals surface area contributed by atoms with Gasteiger partial charge in [-0.05, 0) is 25.0 Å². The highest BCUT2D eigenvalue weighted by Crippen LogP contribution is 2.46. The van der Waals surface area contributed by atoms with Gasteiger partial charge in [-0.1, -0.05) is 6.42 Å². The second-order valence-corrected chi connectivity index (χ2v) is 8.84. The molecule has 2 heterocycles. The Hall–Kier alpha value is -2.75. The minimum Gasteiger partial charge on any atom is -0.448 e. The van der Waals surface area contributed by atoms with E-state index in [1.807, 2.05) is 0 Å². The fraction of sp³-hybridized carbons (Fsp3) is 0.444. The number of anilines is 1. The Morgan fingerprint density at radius 3 is 2.43 bits per heavy atom. The van der Waals surface area contributed by atoms with Crippen molar-refractivity contribution in [3.63, 3.8) is 0 Å². The third kappa shape index (κ3) is 3.07. The molecule has 1 spiro atoms. The smallest absolute Gasteiger partial charge is 0.330 e. The first-order valence-corrected chi connectivity index (χ1v) is 10.5. The number of hydrogen-bond acceptors (Lipinski definition) is 6. The number of hydrogen-bond donors (Lipinski definition) is 1. The van der Waals surface area contributed by atoms with Gasteiger partial charge in [0.2, 0.25) is 0 Å². The topological polar surface area (TPSA) is 109 Å². The molecule has 9 nitrogen and oxygen atoms in total. The second-order valence-electron chi connectivity index (χ2n) is 7.19. The van der Waals surface area contributed by atoms with Crippen LogP contribution in [0.25, 0.3) is 0 Å². The normalized spacial score (nSPS) is 17.6. The molecule has 0 atom stereocenters. The first-order chi connectivity index (χ1) is 13.2. The predicted octanol–water partition coefficient (Wildman–Crippen LogP) is 1.32. The highest BCUT2D eigenvalue weighted by molar-refractivity contribution is 7.92. The third-order valence-corrected chi connectivity index (χ3v) is 6.47. The van der Waals surface area contributed by atoms with E-state index in [0.29, 0.717) is 11.5 Å². The summed E-state index contributed by atoms with van der Waals surface area (Å²) in [5, 5.41) is 0. The largest absolute Gasteiger partial charge is 0.448 e. The fourth-order valence-electron chi connectivity index (χ4n) is 3.62. The molecule has 28 heavy (non-hydrogen) atoms. The first-order valence-electron chi connectivity index (χ1n) is 9.02. The van der Waals surface area contributed by atoms with E-state index in [0.717, 1.165) is 47.4 Å². The molecule has 0 saturated heterocycles. The molecule has 0 unspecified atom stereocenters. The number of fused-ring (bicyclic) bond motifs is 1. The van der Waals surface area contributed by atoms with Crippen LogP contribution < -0.4 is 25.4 Å². The molecule has 4 rings (SSSR count). The quantitative estimate of drug-likeness (QED) is 0.822. The van der Waals surface area contributed by atoms with E-state index in [2.05, 4.69) is 4.72 Å². The van der Waals surface area contributed by atoms with E-state index in [4.69, 9.17) is 9.47 Å². The Labute approximate surface area is 161 Å². The summed E-state index contributed by atoms with van der Waals surface area (Å²) >= 11 is 0. The average molecular weight is 407 g/mol. The fourth-order valence-corrected chi connectivity index (χ4v) is 4.83. The lowest BCUT2D eigenvalue weighted by molar-refractivity contribution is -0.105. The molecule has 0 radical (unpaired) electrons. The molecule has 2 aromatic rings. The lowest BCUT2D eigenvalue weighted by atomic mass is 9.94. The van der Waals surface area contributed by atoms with Crippen LogP contribution in [0.3, 0.4) is 0 Å².